The number of hydrogen-bond donors (Lipinski definition) is 0. The molecule has 0 radical (unpaired) electrons. The molecule has 1 aromatic carbocycles. The van der Waals surface area contributed by atoms with Gasteiger partial charge in [-0.3, -0.25) is 0 Å². The van der Waals surface area contributed by atoms with Crippen LogP contribution >= 0.6 is 27.5 Å². The number of benzene rings is 1. The average Bonchev–Trinajstić information content (AvgIpc) is 1.80. The molecule has 0 aliphatic rings. The van der Waals surface area contributed by atoms with Crippen molar-refractivity contribution in [1.82, 2.24) is 0 Å². The van der Waals surface area contributed by atoms with Gasteiger partial charge in [-0.05, 0) is 18.2 Å². The van der Waals surface area contributed by atoms with Crippen molar-refractivity contribution in [3.63, 3.8) is 0 Å². The fraction of sp³-hybridized carbons (Fsp3) is 0. The van der Waals surface area contributed by atoms with E-state index in [2.05, 4.69) is 15.9 Å². The van der Waals surface area contributed by atoms with Crippen LogP contribution in [0.3, 0.4) is 0 Å². The summed E-state index contributed by atoms with van der Waals surface area (Å²) >= 11 is 8.48. The fourth-order valence-electron chi connectivity index (χ4n) is 0.470. The molecule has 0 bridgehead atoms. The third-order valence-corrected chi connectivity index (χ3v) is 1.68. The van der Waals surface area contributed by atoms with Crippen molar-refractivity contribution in [2.75, 3.05) is 0 Å². The van der Waals surface area contributed by atoms with Crippen LogP contribution in [0.1, 0.15) is 2.85 Å². The maximum absolute atomic E-state index is 12.4. The zero-order chi connectivity index (χ0) is 6.85. The number of rotatable bonds is 0. The monoisotopic (exact) mass is 234 g/mol. The predicted molar refractivity (Wildman–Crippen MR) is 47.1 cm³/mol. The van der Waals surface area contributed by atoms with Crippen LogP contribution in [0.25, 0.3) is 0 Å². The summed E-state index contributed by atoms with van der Waals surface area (Å²) in [5.74, 6) is -0.397. The van der Waals surface area contributed by atoms with Crippen molar-refractivity contribution in [2.24, 2.45) is 0 Å². The maximum Gasteiger partial charge on any atom is 2.00 e. The van der Waals surface area contributed by atoms with Crippen LogP contribution in [0.5, 0.6) is 0 Å². The van der Waals surface area contributed by atoms with Crippen LogP contribution in [0.4, 0.5) is 4.39 Å². The Balaban J connectivity index is -0.000000270. The Morgan fingerprint density at radius 2 is 2.10 bits per heavy atom. The van der Waals surface area contributed by atoms with Gasteiger partial charge in [0.25, 0.3) is 0 Å². The Bertz CT molecular complexity index is 237. The second-order valence-electron chi connectivity index (χ2n) is 1.56. The van der Waals surface area contributed by atoms with E-state index in [9.17, 15) is 4.39 Å². The molecule has 0 heterocycles. The van der Waals surface area contributed by atoms with Crippen LogP contribution in [0.2, 0.25) is 5.02 Å². The topological polar surface area (TPSA) is 0 Å². The molecule has 10 heavy (non-hydrogen) atoms. The van der Waals surface area contributed by atoms with Crippen LogP contribution in [-0.2, 0) is 0 Å². The minimum Gasteiger partial charge on any atom is -1.00 e. The van der Waals surface area contributed by atoms with Gasteiger partial charge in [0.15, 0.2) is 0 Å². The van der Waals surface area contributed by atoms with E-state index in [1.54, 1.807) is 6.07 Å². The van der Waals surface area contributed by atoms with Gasteiger partial charge in [-0.25, -0.2) is 4.39 Å². The minimum absolute atomic E-state index is 0. The average molecular weight is 236 g/mol. The third-order valence-electron chi connectivity index (χ3n) is 0.882. The Morgan fingerprint density at radius 1 is 1.50 bits per heavy atom. The molecule has 0 atom stereocenters. The summed E-state index contributed by atoms with van der Waals surface area (Å²) in [6.45, 7) is 0. The Labute approximate surface area is 91.0 Å². The number of hydrogen-bond acceptors (Lipinski definition) is 0. The van der Waals surface area contributed by atoms with Gasteiger partial charge in [0.2, 0.25) is 0 Å². The summed E-state index contributed by atoms with van der Waals surface area (Å²) in [7, 11) is 0. The Kier molecular flexibility index (Phi) is 4.85. The molecule has 0 spiro atoms. The molecule has 1 aromatic rings. The summed E-state index contributed by atoms with van der Waals surface area (Å²) in [6, 6.07) is 4.51. The molecule has 0 nitrogen and oxygen atoms in total. The number of halogens is 3. The molecule has 0 amide bonds. The fourth-order valence-corrected chi connectivity index (χ4v) is 0.921. The standard InChI is InChI=1S/C6H3BrClF.Mg.2H/c7-4-1-2-5(8)6(9)3-4;;;/h1-3H;;;/q;+2;2*-1. The minimum atomic E-state index is -0.397. The molecule has 1 rings (SSSR count). The zero-order valence-electron chi connectivity index (χ0n) is 7.07. The molecule has 0 fully saturated rings. The Morgan fingerprint density at radius 3 is 2.50 bits per heavy atom. The van der Waals surface area contributed by atoms with Gasteiger partial charge in [0, 0.05) is 4.47 Å². The molecule has 52 valence electrons. The smallest absolute Gasteiger partial charge is 1.00 e. The van der Waals surface area contributed by atoms with Gasteiger partial charge in [0.05, 0.1) is 5.02 Å². The first kappa shape index (κ1) is 10.7. The molecule has 0 aliphatic carbocycles. The maximum atomic E-state index is 12.4. The molecule has 0 N–H and O–H groups in total. The van der Waals surface area contributed by atoms with Crippen molar-refractivity contribution in [3.8, 4) is 0 Å². The first-order chi connectivity index (χ1) is 4.20. The third kappa shape index (κ3) is 2.74. The molecular formula is C6H5BrClFMg. The van der Waals surface area contributed by atoms with Gasteiger partial charge in [-0.2, -0.15) is 0 Å². The second kappa shape index (κ2) is 4.54. The molecule has 0 unspecified atom stereocenters. The van der Waals surface area contributed by atoms with E-state index in [4.69, 9.17) is 11.6 Å². The van der Waals surface area contributed by atoms with Gasteiger partial charge in [-0.15, -0.1) is 0 Å². The Hall–Kier alpha value is 0.686. The molecule has 4 heteroatoms. The van der Waals surface area contributed by atoms with Crippen LogP contribution in [0, 0.1) is 5.82 Å². The van der Waals surface area contributed by atoms with Crippen LogP contribution in [-0.4, -0.2) is 23.1 Å². The van der Waals surface area contributed by atoms with Crippen molar-refractivity contribution >= 4 is 50.6 Å². The van der Waals surface area contributed by atoms with E-state index in [-0.39, 0.29) is 30.9 Å². The van der Waals surface area contributed by atoms with E-state index in [0.717, 1.165) is 0 Å². The van der Waals surface area contributed by atoms with E-state index >= 15 is 0 Å². The second-order valence-corrected chi connectivity index (χ2v) is 2.88. The van der Waals surface area contributed by atoms with Gasteiger partial charge < -0.3 is 2.85 Å². The summed E-state index contributed by atoms with van der Waals surface area (Å²) in [6.07, 6.45) is 0. The molecule has 0 saturated heterocycles. The summed E-state index contributed by atoms with van der Waals surface area (Å²) in [5, 5.41) is 0.151. The van der Waals surface area contributed by atoms with Crippen molar-refractivity contribution < 1.29 is 7.24 Å². The van der Waals surface area contributed by atoms with Gasteiger partial charge in [0.1, 0.15) is 5.82 Å². The van der Waals surface area contributed by atoms with E-state index in [1.165, 1.54) is 12.1 Å². The quantitative estimate of drug-likeness (QED) is 0.479. The van der Waals surface area contributed by atoms with E-state index < -0.39 is 5.82 Å². The van der Waals surface area contributed by atoms with Crippen molar-refractivity contribution in [2.45, 2.75) is 0 Å². The zero-order valence-corrected chi connectivity index (χ0v) is 8.83. The first-order valence-electron chi connectivity index (χ1n) is 2.30. The van der Waals surface area contributed by atoms with Crippen LogP contribution in [0.15, 0.2) is 22.7 Å². The van der Waals surface area contributed by atoms with Crippen molar-refractivity contribution in [1.29, 1.82) is 0 Å². The molecular weight excluding hydrogens is 231 g/mol. The first-order valence-corrected chi connectivity index (χ1v) is 3.48. The van der Waals surface area contributed by atoms with Crippen molar-refractivity contribution in [3.05, 3.63) is 33.5 Å². The van der Waals surface area contributed by atoms with E-state index in [0.29, 0.717) is 4.47 Å². The SMILES string of the molecule is Fc1cc(Br)ccc1Cl.[H-].[H-].[Mg+2]. The molecule has 0 aromatic heterocycles. The van der Waals surface area contributed by atoms with E-state index in [1.807, 2.05) is 0 Å². The summed E-state index contributed by atoms with van der Waals surface area (Å²) in [5.41, 5.74) is 0. The summed E-state index contributed by atoms with van der Waals surface area (Å²) < 4.78 is 13.1. The van der Waals surface area contributed by atoms with Gasteiger partial charge in [-0.1, -0.05) is 27.5 Å². The predicted octanol–water partition coefficient (Wildman–Crippen LogP) is 3.09. The molecule has 0 saturated carbocycles. The largest absolute Gasteiger partial charge is 2.00 e. The normalized spacial score (nSPS) is 8.70. The van der Waals surface area contributed by atoms with Crippen LogP contribution < -0.4 is 0 Å². The molecule has 0 aliphatic heterocycles. The summed E-state index contributed by atoms with van der Waals surface area (Å²) in [4.78, 5) is 0. The van der Waals surface area contributed by atoms with Gasteiger partial charge >= 0.3 is 23.1 Å².